The molecule has 0 aliphatic heterocycles. The van der Waals surface area contributed by atoms with Crippen molar-refractivity contribution >= 4 is 11.9 Å². The largest absolute Gasteiger partial charge is 0.463 e. The van der Waals surface area contributed by atoms with Crippen LogP contribution in [-0.2, 0) is 14.3 Å². The molecule has 0 amide bonds. The summed E-state index contributed by atoms with van der Waals surface area (Å²) in [5.41, 5.74) is 0. The van der Waals surface area contributed by atoms with Gasteiger partial charge in [0.1, 0.15) is 5.94 Å². The lowest BCUT2D eigenvalue weighted by molar-refractivity contribution is -0.137. The zero-order valence-electron chi connectivity index (χ0n) is 6.91. The Bertz CT molecular complexity index is 190. The molecule has 0 aromatic carbocycles. The van der Waals surface area contributed by atoms with Crippen molar-refractivity contribution < 1.29 is 14.3 Å². The molecular formula is C9H12O3. The maximum absolute atomic E-state index is 10.5. The highest BCUT2D eigenvalue weighted by Crippen LogP contribution is 1.95. The van der Waals surface area contributed by atoms with Crippen LogP contribution in [0.1, 0.15) is 19.3 Å². The molecule has 0 aliphatic rings. The Labute approximate surface area is 71.7 Å². The van der Waals surface area contributed by atoms with E-state index in [1.807, 2.05) is 0 Å². The number of allylic oxidation sites excluding steroid dienone is 1. The molecule has 0 atom stereocenters. The first-order valence-corrected chi connectivity index (χ1v) is 3.79. The monoisotopic (exact) mass is 168 g/mol. The van der Waals surface area contributed by atoms with Gasteiger partial charge in [0, 0.05) is 6.08 Å². The normalized spacial score (nSPS) is 8.33. The number of carbonyl (C=O) groups excluding carboxylic acids is 2. The van der Waals surface area contributed by atoms with E-state index >= 15 is 0 Å². The van der Waals surface area contributed by atoms with Gasteiger partial charge in [-0.1, -0.05) is 6.58 Å². The van der Waals surface area contributed by atoms with E-state index in [0.717, 1.165) is 18.9 Å². The summed E-state index contributed by atoms with van der Waals surface area (Å²) >= 11 is 0. The van der Waals surface area contributed by atoms with Crippen LogP contribution in [0.3, 0.4) is 0 Å². The first-order valence-electron chi connectivity index (χ1n) is 3.79. The number of ether oxygens (including phenoxy) is 1. The van der Waals surface area contributed by atoms with Crippen molar-refractivity contribution in [3.8, 4) is 0 Å². The zero-order valence-corrected chi connectivity index (χ0v) is 6.91. The predicted octanol–water partition coefficient (Wildman–Crippen LogP) is 1.27. The van der Waals surface area contributed by atoms with Gasteiger partial charge in [-0.15, -0.1) is 0 Å². The fourth-order valence-electron chi connectivity index (χ4n) is 0.639. The van der Waals surface area contributed by atoms with Crippen LogP contribution in [-0.4, -0.2) is 18.5 Å². The Morgan fingerprint density at radius 1 is 1.50 bits per heavy atom. The number of carbonyl (C=O) groups is 1. The smallest absolute Gasteiger partial charge is 0.330 e. The van der Waals surface area contributed by atoms with Crippen LogP contribution in [0.5, 0.6) is 0 Å². The van der Waals surface area contributed by atoms with E-state index in [2.05, 4.69) is 6.58 Å². The lowest BCUT2D eigenvalue weighted by Gasteiger charge is -1.98. The Hall–Kier alpha value is -1.34. The van der Waals surface area contributed by atoms with Crippen molar-refractivity contribution in [3.63, 3.8) is 0 Å². The Morgan fingerprint density at radius 2 is 2.25 bits per heavy atom. The van der Waals surface area contributed by atoms with Crippen LogP contribution in [0.4, 0.5) is 0 Å². The number of rotatable bonds is 6. The molecule has 0 radical (unpaired) electrons. The predicted molar refractivity (Wildman–Crippen MR) is 45.3 cm³/mol. The van der Waals surface area contributed by atoms with E-state index in [4.69, 9.17) is 4.74 Å². The first kappa shape index (κ1) is 10.7. The highest BCUT2D eigenvalue weighted by atomic mass is 16.5. The number of unbranched alkanes of at least 4 members (excludes halogenated alkanes) is 2. The highest BCUT2D eigenvalue weighted by molar-refractivity contribution is 5.81. The molecule has 0 heterocycles. The quantitative estimate of drug-likeness (QED) is 0.259. The molecule has 0 aliphatic carbocycles. The minimum Gasteiger partial charge on any atom is -0.463 e. The number of hydrogen-bond acceptors (Lipinski definition) is 3. The van der Waals surface area contributed by atoms with Gasteiger partial charge in [0.05, 0.1) is 6.61 Å². The molecule has 0 fully saturated rings. The third kappa shape index (κ3) is 6.78. The van der Waals surface area contributed by atoms with E-state index < -0.39 is 5.97 Å². The summed E-state index contributed by atoms with van der Waals surface area (Å²) in [6.45, 7) is 3.64. The summed E-state index contributed by atoms with van der Waals surface area (Å²) in [5.74, 6) is 1.28. The van der Waals surface area contributed by atoms with Crippen molar-refractivity contribution in [2.24, 2.45) is 0 Å². The van der Waals surface area contributed by atoms with Gasteiger partial charge in [-0.2, -0.15) is 0 Å². The third-order valence-electron chi connectivity index (χ3n) is 1.24. The van der Waals surface area contributed by atoms with Crippen molar-refractivity contribution in [2.75, 3.05) is 6.61 Å². The second-order valence-corrected chi connectivity index (χ2v) is 2.19. The van der Waals surface area contributed by atoms with E-state index in [9.17, 15) is 9.59 Å². The van der Waals surface area contributed by atoms with Crippen molar-refractivity contribution in [1.29, 1.82) is 0 Å². The summed E-state index contributed by atoms with van der Waals surface area (Å²) in [6, 6.07) is 0. The standard InChI is InChI=1S/C9H12O3/c1-2-9(11)12-8-6-4-3-5-7-10/h2,5H,1,3-4,6,8H2. The maximum Gasteiger partial charge on any atom is 0.330 e. The first-order chi connectivity index (χ1) is 5.81. The number of hydrogen-bond donors (Lipinski definition) is 0. The number of esters is 1. The van der Waals surface area contributed by atoms with Crippen molar-refractivity contribution in [3.05, 3.63) is 18.7 Å². The average Bonchev–Trinajstić information content (AvgIpc) is 2.10. The molecule has 0 aromatic rings. The van der Waals surface area contributed by atoms with Crippen LogP contribution in [0.15, 0.2) is 18.7 Å². The molecule has 0 rings (SSSR count). The summed E-state index contributed by atoms with van der Waals surface area (Å²) in [5, 5.41) is 0. The van der Waals surface area contributed by atoms with Gasteiger partial charge in [0.25, 0.3) is 0 Å². The molecule has 12 heavy (non-hydrogen) atoms. The molecule has 66 valence electrons. The minimum absolute atomic E-state index is 0.386. The van der Waals surface area contributed by atoms with E-state index in [1.165, 1.54) is 6.08 Å². The molecule has 0 saturated heterocycles. The van der Waals surface area contributed by atoms with Gasteiger partial charge in [-0.3, -0.25) is 0 Å². The summed E-state index contributed by atoms with van der Waals surface area (Å²) in [4.78, 5) is 20.2. The van der Waals surface area contributed by atoms with Gasteiger partial charge in [0.2, 0.25) is 0 Å². The Kier molecular flexibility index (Phi) is 6.90. The summed E-state index contributed by atoms with van der Waals surface area (Å²) in [6.07, 6.45) is 4.84. The third-order valence-corrected chi connectivity index (χ3v) is 1.24. The SMILES string of the molecule is C=CC(=O)OCCCCC=C=O. The van der Waals surface area contributed by atoms with Crippen LogP contribution in [0.25, 0.3) is 0 Å². The average molecular weight is 168 g/mol. The topological polar surface area (TPSA) is 43.4 Å². The molecule has 0 N–H and O–H groups in total. The summed E-state index contributed by atoms with van der Waals surface area (Å²) < 4.78 is 4.70. The van der Waals surface area contributed by atoms with Gasteiger partial charge in [-0.05, 0) is 25.3 Å². The van der Waals surface area contributed by atoms with Crippen LogP contribution in [0.2, 0.25) is 0 Å². The fourth-order valence-corrected chi connectivity index (χ4v) is 0.639. The molecule has 0 spiro atoms. The Morgan fingerprint density at radius 3 is 2.83 bits per heavy atom. The van der Waals surface area contributed by atoms with E-state index in [0.29, 0.717) is 13.0 Å². The maximum atomic E-state index is 10.5. The zero-order chi connectivity index (χ0) is 9.23. The van der Waals surface area contributed by atoms with Crippen molar-refractivity contribution in [1.82, 2.24) is 0 Å². The lowest BCUT2D eigenvalue weighted by atomic mass is 10.2. The van der Waals surface area contributed by atoms with Crippen LogP contribution >= 0.6 is 0 Å². The Balaban J connectivity index is 3.15. The second kappa shape index (κ2) is 7.76. The van der Waals surface area contributed by atoms with E-state index in [-0.39, 0.29) is 0 Å². The molecule has 3 heteroatoms. The molecule has 0 bridgehead atoms. The second-order valence-electron chi connectivity index (χ2n) is 2.19. The van der Waals surface area contributed by atoms with Gasteiger partial charge < -0.3 is 4.74 Å². The van der Waals surface area contributed by atoms with Crippen molar-refractivity contribution in [2.45, 2.75) is 19.3 Å². The molecule has 0 aromatic heterocycles. The van der Waals surface area contributed by atoms with E-state index in [1.54, 1.807) is 5.94 Å². The highest BCUT2D eigenvalue weighted by Gasteiger charge is 1.93. The lowest BCUT2D eigenvalue weighted by Crippen LogP contribution is -2.01. The molecule has 3 nitrogen and oxygen atoms in total. The minimum atomic E-state index is -0.402. The van der Waals surface area contributed by atoms with Gasteiger partial charge in [-0.25, -0.2) is 9.59 Å². The van der Waals surface area contributed by atoms with Gasteiger partial charge >= 0.3 is 5.97 Å². The van der Waals surface area contributed by atoms with Crippen LogP contribution in [0, 0.1) is 0 Å². The van der Waals surface area contributed by atoms with Gasteiger partial charge in [0.15, 0.2) is 0 Å². The van der Waals surface area contributed by atoms with Crippen LogP contribution < -0.4 is 0 Å². The molecule has 0 unspecified atom stereocenters. The molecule has 0 saturated carbocycles. The summed E-state index contributed by atoms with van der Waals surface area (Å²) in [7, 11) is 0. The molecular weight excluding hydrogens is 156 g/mol. The fraction of sp³-hybridized carbons (Fsp3) is 0.444.